The van der Waals surface area contributed by atoms with Crippen LogP contribution < -0.4 is 5.32 Å². The summed E-state index contributed by atoms with van der Waals surface area (Å²) in [6.45, 7) is 6.95. The molecule has 1 fully saturated rings. The summed E-state index contributed by atoms with van der Waals surface area (Å²) in [4.78, 5) is 21.4. The Morgan fingerprint density at radius 2 is 2.07 bits per heavy atom. The summed E-state index contributed by atoms with van der Waals surface area (Å²) >= 11 is 0. The Morgan fingerprint density at radius 3 is 2.89 bits per heavy atom. The number of aromatic nitrogens is 1. The monoisotopic (exact) mass is 368 g/mol. The number of likely N-dealkylation sites (tertiary alicyclic amines) is 1. The van der Waals surface area contributed by atoms with Crippen LogP contribution in [0, 0.1) is 0 Å². The number of hydrogen-bond acceptors (Lipinski definition) is 3. The fourth-order valence-electron chi connectivity index (χ4n) is 4.00. The van der Waals surface area contributed by atoms with Crippen molar-refractivity contribution in [1.29, 1.82) is 0 Å². The van der Waals surface area contributed by atoms with E-state index in [0.717, 1.165) is 29.6 Å². The first-order valence-electron chi connectivity index (χ1n) is 10.1. The molecule has 0 radical (unpaired) electrons. The maximum Gasteiger partial charge on any atom is 0.317 e. The van der Waals surface area contributed by atoms with Gasteiger partial charge in [0.25, 0.3) is 0 Å². The molecule has 5 heteroatoms. The first-order valence-corrected chi connectivity index (χ1v) is 10.1. The summed E-state index contributed by atoms with van der Waals surface area (Å²) < 4.78 is 0. The molecule has 1 saturated heterocycles. The molecule has 5 nitrogen and oxygen atoms in total. The number of hydrogen-bond donors (Lipinski definition) is 1. The van der Waals surface area contributed by atoms with Gasteiger partial charge in [0.15, 0.2) is 0 Å². The van der Waals surface area contributed by atoms with Crippen LogP contribution in [-0.4, -0.2) is 53.0 Å². The smallest absolute Gasteiger partial charge is 0.317 e. The number of piperidine rings is 1. The van der Waals surface area contributed by atoms with Crippen molar-refractivity contribution in [2.24, 2.45) is 0 Å². The Balaban J connectivity index is 1.48. The zero-order valence-corrected chi connectivity index (χ0v) is 16.8. The number of rotatable bonds is 6. The van der Waals surface area contributed by atoms with E-state index in [2.05, 4.69) is 35.1 Å². The van der Waals surface area contributed by atoms with Gasteiger partial charge >= 0.3 is 6.03 Å². The van der Waals surface area contributed by atoms with E-state index in [4.69, 9.17) is 0 Å². The van der Waals surface area contributed by atoms with E-state index in [1.807, 2.05) is 37.4 Å². The third-order valence-corrected chi connectivity index (χ3v) is 5.49. The number of nitrogens with one attached hydrogen (secondary N) is 1. The molecular formula is C22H32N4O. The van der Waals surface area contributed by atoms with Gasteiger partial charge < -0.3 is 10.2 Å². The minimum atomic E-state index is -0.0307. The third-order valence-electron chi connectivity index (χ3n) is 5.49. The summed E-state index contributed by atoms with van der Waals surface area (Å²) in [5, 5.41) is 4.20. The van der Waals surface area contributed by atoms with Crippen LogP contribution >= 0.6 is 0 Å². The van der Waals surface area contributed by atoms with Gasteiger partial charge in [-0.15, -0.1) is 0 Å². The Bertz CT molecular complexity index is 761. The zero-order chi connectivity index (χ0) is 19.2. The number of urea groups is 1. The van der Waals surface area contributed by atoms with Crippen molar-refractivity contribution in [1.82, 2.24) is 20.1 Å². The van der Waals surface area contributed by atoms with Crippen molar-refractivity contribution >= 4 is 16.9 Å². The lowest BCUT2D eigenvalue weighted by atomic mass is 9.98. The molecule has 27 heavy (non-hydrogen) atoms. The van der Waals surface area contributed by atoms with Crippen molar-refractivity contribution in [2.75, 3.05) is 20.1 Å². The second-order valence-corrected chi connectivity index (χ2v) is 7.85. The van der Waals surface area contributed by atoms with Crippen LogP contribution in [0.3, 0.4) is 0 Å². The highest BCUT2D eigenvalue weighted by molar-refractivity contribution is 5.78. The molecule has 2 heterocycles. The number of nitrogens with zero attached hydrogens (tertiary/aromatic N) is 3. The predicted octanol–water partition coefficient (Wildman–Crippen LogP) is 4.03. The van der Waals surface area contributed by atoms with Gasteiger partial charge in [-0.2, -0.15) is 0 Å². The van der Waals surface area contributed by atoms with Crippen LogP contribution in [0.4, 0.5) is 4.79 Å². The van der Waals surface area contributed by atoms with Crippen LogP contribution in [0.5, 0.6) is 0 Å². The molecule has 1 aromatic carbocycles. The number of carbonyl (C=O) groups is 1. The van der Waals surface area contributed by atoms with Crippen LogP contribution in [0.15, 0.2) is 36.4 Å². The lowest BCUT2D eigenvalue weighted by Crippen LogP contribution is -2.46. The van der Waals surface area contributed by atoms with E-state index in [0.29, 0.717) is 18.6 Å². The van der Waals surface area contributed by atoms with E-state index in [1.165, 1.54) is 25.8 Å². The van der Waals surface area contributed by atoms with E-state index >= 15 is 0 Å². The average molecular weight is 369 g/mol. The highest BCUT2D eigenvalue weighted by Gasteiger charge is 2.24. The summed E-state index contributed by atoms with van der Waals surface area (Å²) in [7, 11) is 1.83. The summed E-state index contributed by atoms with van der Waals surface area (Å²) in [5.41, 5.74) is 1.87. The number of benzene rings is 1. The molecule has 1 aromatic heterocycles. The first-order chi connectivity index (χ1) is 13.0. The van der Waals surface area contributed by atoms with Crippen molar-refractivity contribution in [3.63, 3.8) is 0 Å². The van der Waals surface area contributed by atoms with Crippen LogP contribution in [0.25, 0.3) is 10.9 Å². The Kier molecular flexibility index (Phi) is 6.67. The number of pyridine rings is 1. The second-order valence-electron chi connectivity index (χ2n) is 7.85. The van der Waals surface area contributed by atoms with Gasteiger partial charge in [-0.3, -0.25) is 9.88 Å². The number of amides is 2. The zero-order valence-electron chi connectivity index (χ0n) is 16.8. The molecular weight excluding hydrogens is 336 g/mol. The first kappa shape index (κ1) is 19.6. The van der Waals surface area contributed by atoms with Gasteiger partial charge in [0.1, 0.15) is 0 Å². The normalized spacial score (nSPS) is 18.0. The molecule has 1 aliphatic heterocycles. The maximum absolute atomic E-state index is 12.4. The minimum Gasteiger partial charge on any atom is -0.338 e. The molecule has 2 aromatic rings. The number of carbonyl (C=O) groups excluding carboxylic acids is 1. The van der Waals surface area contributed by atoms with Gasteiger partial charge in [0, 0.05) is 31.1 Å². The standard InChI is InChI=1S/C22H32N4O/c1-17(2)26-15-7-6-9-20(26)13-14-23-22(27)25(3)16-19-12-11-18-8-4-5-10-21(18)24-19/h4-5,8,10-12,17,20H,6-7,9,13-16H2,1-3H3,(H,23,27)/t20-/m0/s1. The highest BCUT2D eigenvalue weighted by Crippen LogP contribution is 2.21. The van der Waals surface area contributed by atoms with Gasteiger partial charge in [0.2, 0.25) is 0 Å². The summed E-state index contributed by atoms with van der Waals surface area (Å²) in [6, 6.07) is 13.2. The van der Waals surface area contributed by atoms with Crippen molar-refractivity contribution in [2.45, 2.75) is 58.2 Å². The summed E-state index contributed by atoms with van der Waals surface area (Å²) in [6.07, 6.45) is 4.86. The van der Waals surface area contributed by atoms with Crippen LogP contribution in [0.2, 0.25) is 0 Å². The molecule has 0 aliphatic carbocycles. The van der Waals surface area contributed by atoms with Crippen molar-refractivity contribution < 1.29 is 4.79 Å². The van der Waals surface area contributed by atoms with Crippen molar-refractivity contribution in [3.05, 3.63) is 42.1 Å². The van der Waals surface area contributed by atoms with E-state index in [-0.39, 0.29) is 6.03 Å². The Morgan fingerprint density at radius 1 is 1.26 bits per heavy atom. The second kappa shape index (κ2) is 9.18. The average Bonchev–Trinajstić information content (AvgIpc) is 2.68. The molecule has 1 atom stereocenters. The van der Waals surface area contributed by atoms with Crippen LogP contribution in [0.1, 0.15) is 45.2 Å². The minimum absolute atomic E-state index is 0.0307. The summed E-state index contributed by atoms with van der Waals surface area (Å²) in [5.74, 6) is 0. The quantitative estimate of drug-likeness (QED) is 0.837. The predicted molar refractivity (Wildman–Crippen MR) is 111 cm³/mol. The number of para-hydroxylation sites is 1. The van der Waals surface area contributed by atoms with Gasteiger partial charge in [-0.1, -0.05) is 30.7 Å². The Labute approximate surface area is 162 Å². The molecule has 1 aliphatic rings. The third kappa shape index (κ3) is 5.19. The molecule has 0 bridgehead atoms. The molecule has 3 rings (SSSR count). The van der Waals surface area contributed by atoms with Gasteiger partial charge in [-0.25, -0.2) is 4.79 Å². The van der Waals surface area contributed by atoms with E-state index in [9.17, 15) is 4.79 Å². The molecule has 0 saturated carbocycles. The van der Waals surface area contributed by atoms with Crippen LogP contribution in [-0.2, 0) is 6.54 Å². The lowest BCUT2D eigenvalue weighted by Gasteiger charge is -2.38. The van der Waals surface area contributed by atoms with Gasteiger partial charge in [-0.05, 0) is 51.8 Å². The van der Waals surface area contributed by atoms with E-state index < -0.39 is 0 Å². The lowest BCUT2D eigenvalue weighted by molar-refractivity contribution is 0.105. The Hall–Kier alpha value is -2.14. The number of fused-ring (bicyclic) bond motifs is 1. The molecule has 0 spiro atoms. The van der Waals surface area contributed by atoms with Crippen molar-refractivity contribution in [3.8, 4) is 0 Å². The SMILES string of the molecule is CC(C)N1CCCC[C@H]1CCNC(=O)N(C)Cc1ccc2ccccc2n1. The molecule has 146 valence electrons. The molecule has 2 amide bonds. The topological polar surface area (TPSA) is 48.5 Å². The fourth-order valence-corrected chi connectivity index (χ4v) is 4.00. The van der Waals surface area contributed by atoms with Gasteiger partial charge in [0.05, 0.1) is 17.8 Å². The fraction of sp³-hybridized carbons (Fsp3) is 0.545. The van der Waals surface area contributed by atoms with E-state index in [1.54, 1.807) is 4.90 Å². The highest BCUT2D eigenvalue weighted by atomic mass is 16.2. The largest absolute Gasteiger partial charge is 0.338 e. The molecule has 1 N–H and O–H groups in total. The maximum atomic E-state index is 12.4. The molecule has 0 unspecified atom stereocenters.